The van der Waals surface area contributed by atoms with E-state index in [-0.39, 0.29) is 5.56 Å². The molecule has 0 aliphatic heterocycles. The largest absolute Gasteiger partial charge is 0.399 e. The maximum atomic E-state index is 12.5. The number of hydrogen-bond acceptors (Lipinski definition) is 7. The van der Waals surface area contributed by atoms with Gasteiger partial charge >= 0.3 is 0 Å². The van der Waals surface area contributed by atoms with E-state index in [0.29, 0.717) is 23.8 Å². The summed E-state index contributed by atoms with van der Waals surface area (Å²) < 4.78 is 3.34. The van der Waals surface area contributed by atoms with Crippen molar-refractivity contribution in [3.8, 4) is 33.8 Å². The lowest BCUT2D eigenvalue weighted by Crippen LogP contribution is -2.22. The van der Waals surface area contributed by atoms with Gasteiger partial charge in [-0.05, 0) is 36.9 Å². The Bertz CT molecular complexity index is 1540. The van der Waals surface area contributed by atoms with Gasteiger partial charge in [0.25, 0.3) is 5.56 Å². The van der Waals surface area contributed by atoms with Crippen LogP contribution in [0, 0.1) is 0 Å². The topological polar surface area (TPSA) is 117 Å². The Morgan fingerprint density at radius 2 is 1.69 bits per heavy atom. The van der Waals surface area contributed by atoms with Gasteiger partial charge in [0.05, 0.1) is 25.0 Å². The van der Waals surface area contributed by atoms with Crippen molar-refractivity contribution in [1.82, 2.24) is 34.8 Å². The van der Waals surface area contributed by atoms with Crippen molar-refractivity contribution in [2.45, 2.75) is 13.1 Å². The van der Waals surface area contributed by atoms with Gasteiger partial charge in [-0.25, -0.2) is 14.6 Å². The summed E-state index contributed by atoms with van der Waals surface area (Å²) in [6, 6.07) is 18.5. The Balaban J connectivity index is 1.35. The van der Waals surface area contributed by atoms with Crippen LogP contribution in [0.1, 0.15) is 5.56 Å². The molecule has 9 nitrogen and oxygen atoms in total. The number of aromatic nitrogens is 6. The van der Waals surface area contributed by atoms with Crippen LogP contribution >= 0.6 is 0 Å². The quantitative estimate of drug-likeness (QED) is 0.329. The van der Waals surface area contributed by atoms with Gasteiger partial charge in [-0.3, -0.25) is 9.48 Å². The highest BCUT2D eigenvalue weighted by atomic mass is 16.1. The molecule has 0 spiro atoms. The van der Waals surface area contributed by atoms with Gasteiger partial charge in [-0.15, -0.1) is 0 Å². The molecule has 0 radical (unpaired) electrons. The SMILES string of the molecule is CNCCn1cc(-c2cnc(-c3cccc(Cn4nc(-c5cccc(N)c5)ccc4=O)c3)nc2)cn1. The first-order chi connectivity index (χ1) is 17.6. The molecule has 0 atom stereocenters. The molecule has 0 saturated carbocycles. The molecule has 180 valence electrons. The smallest absolute Gasteiger partial charge is 0.267 e. The van der Waals surface area contributed by atoms with Gasteiger partial charge in [0.15, 0.2) is 5.82 Å². The number of nitrogen functional groups attached to an aromatic ring is 1. The molecule has 3 aromatic heterocycles. The van der Waals surface area contributed by atoms with Gasteiger partial charge in [0.1, 0.15) is 0 Å². The summed E-state index contributed by atoms with van der Waals surface area (Å²) in [6.07, 6.45) is 7.40. The molecule has 3 heterocycles. The van der Waals surface area contributed by atoms with Crippen LogP contribution in [0.25, 0.3) is 33.8 Å². The van der Waals surface area contributed by atoms with Crippen LogP contribution in [0.15, 0.2) is 90.2 Å². The Morgan fingerprint density at radius 1 is 0.889 bits per heavy atom. The van der Waals surface area contributed by atoms with Crippen LogP contribution in [0.3, 0.4) is 0 Å². The van der Waals surface area contributed by atoms with Gasteiger partial charge in [-0.2, -0.15) is 10.2 Å². The number of nitrogens with one attached hydrogen (secondary N) is 1. The van der Waals surface area contributed by atoms with Crippen LogP contribution in [0.5, 0.6) is 0 Å². The zero-order valence-corrected chi connectivity index (χ0v) is 19.9. The fraction of sp³-hybridized carbons (Fsp3) is 0.148. The number of hydrogen-bond donors (Lipinski definition) is 2. The molecule has 36 heavy (non-hydrogen) atoms. The fourth-order valence-corrected chi connectivity index (χ4v) is 3.88. The van der Waals surface area contributed by atoms with E-state index >= 15 is 0 Å². The monoisotopic (exact) mass is 478 g/mol. The van der Waals surface area contributed by atoms with Crippen LogP contribution in [-0.4, -0.2) is 43.1 Å². The van der Waals surface area contributed by atoms with Gasteiger partial charge in [0, 0.05) is 59.1 Å². The normalized spacial score (nSPS) is 11.0. The maximum absolute atomic E-state index is 12.5. The van der Waals surface area contributed by atoms with Crippen LogP contribution in [0.4, 0.5) is 5.69 Å². The predicted molar refractivity (Wildman–Crippen MR) is 140 cm³/mol. The molecular formula is C27H26N8O. The van der Waals surface area contributed by atoms with E-state index in [1.54, 1.807) is 18.5 Å². The molecule has 3 N–H and O–H groups in total. The second kappa shape index (κ2) is 10.3. The molecule has 5 aromatic rings. The van der Waals surface area contributed by atoms with E-state index in [1.165, 1.54) is 10.7 Å². The molecule has 5 rings (SSSR count). The Morgan fingerprint density at radius 3 is 2.50 bits per heavy atom. The fourth-order valence-electron chi connectivity index (χ4n) is 3.88. The number of nitrogens with two attached hydrogens (primary N) is 1. The number of nitrogens with zero attached hydrogens (tertiary/aromatic N) is 6. The molecule has 9 heteroatoms. The number of rotatable bonds is 8. The zero-order chi connectivity index (χ0) is 24.9. The van der Waals surface area contributed by atoms with Crippen molar-refractivity contribution in [2.24, 2.45) is 0 Å². The minimum atomic E-state index is -0.177. The van der Waals surface area contributed by atoms with Crippen LogP contribution in [-0.2, 0) is 13.1 Å². The molecule has 0 unspecified atom stereocenters. The van der Waals surface area contributed by atoms with Gasteiger partial charge < -0.3 is 11.1 Å². The van der Waals surface area contributed by atoms with Crippen molar-refractivity contribution < 1.29 is 0 Å². The lowest BCUT2D eigenvalue weighted by Gasteiger charge is -2.09. The van der Waals surface area contributed by atoms with E-state index in [0.717, 1.165) is 40.9 Å². The molecule has 0 bridgehead atoms. The molecule has 0 saturated heterocycles. The standard InChI is InChI=1S/C27H26N8O/c1-29-10-11-34-18-23(16-32-34)22-14-30-27(31-15-22)21-6-2-4-19(12-21)17-35-26(36)9-8-25(33-35)20-5-3-7-24(28)13-20/h2-9,12-16,18,29H,10-11,17,28H2,1H3. The number of likely N-dealkylation sites (N-methyl/N-ethyl adjacent to an activating group) is 1. The summed E-state index contributed by atoms with van der Waals surface area (Å²) in [7, 11) is 1.92. The summed E-state index contributed by atoms with van der Waals surface area (Å²) in [5.74, 6) is 0.608. The second-order valence-corrected chi connectivity index (χ2v) is 8.43. The van der Waals surface area contributed by atoms with E-state index in [4.69, 9.17) is 5.73 Å². The van der Waals surface area contributed by atoms with Gasteiger partial charge in [-0.1, -0.05) is 30.3 Å². The average molecular weight is 479 g/mol. The Labute approximate surface area is 208 Å². The first kappa shape index (κ1) is 23.1. The van der Waals surface area contributed by atoms with Crippen molar-refractivity contribution >= 4 is 5.69 Å². The highest BCUT2D eigenvalue weighted by molar-refractivity contribution is 5.64. The summed E-state index contributed by atoms with van der Waals surface area (Å²) in [5, 5.41) is 12.0. The number of anilines is 1. The minimum Gasteiger partial charge on any atom is -0.399 e. The first-order valence-electron chi connectivity index (χ1n) is 11.6. The molecule has 0 fully saturated rings. The van der Waals surface area contributed by atoms with Crippen molar-refractivity contribution in [3.05, 3.63) is 101 Å². The molecule has 0 aliphatic rings. The highest BCUT2D eigenvalue weighted by Crippen LogP contribution is 2.22. The summed E-state index contributed by atoms with van der Waals surface area (Å²) >= 11 is 0. The molecular weight excluding hydrogens is 452 g/mol. The predicted octanol–water partition coefficient (Wildman–Crippen LogP) is 3.08. The summed E-state index contributed by atoms with van der Waals surface area (Å²) in [6.45, 7) is 1.97. The van der Waals surface area contributed by atoms with Crippen LogP contribution in [0.2, 0.25) is 0 Å². The summed E-state index contributed by atoms with van der Waals surface area (Å²) in [4.78, 5) is 21.6. The molecule has 0 amide bonds. The van der Waals surface area contributed by atoms with E-state index in [9.17, 15) is 4.79 Å². The van der Waals surface area contributed by atoms with E-state index < -0.39 is 0 Å². The zero-order valence-electron chi connectivity index (χ0n) is 19.9. The first-order valence-corrected chi connectivity index (χ1v) is 11.6. The Hall–Kier alpha value is -4.63. The third kappa shape index (κ3) is 5.21. The van der Waals surface area contributed by atoms with Crippen molar-refractivity contribution in [3.63, 3.8) is 0 Å². The van der Waals surface area contributed by atoms with E-state index in [1.807, 2.05) is 72.7 Å². The molecule has 0 aliphatic carbocycles. The second-order valence-electron chi connectivity index (χ2n) is 8.43. The molecule has 2 aromatic carbocycles. The highest BCUT2D eigenvalue weighted by Gasteiger charge is 2.09. The third-order valence-electron chi connectivity index (χ3n) is 5.78. The maximum Gasteiger partial charge on any atom is 0.267 e. The average Bonchev–Trinajstić information content (AvgIpc) is 3.38. The lowest BCUT2D eigenvalue weighted by atomic mass is 10.1. The van der Waals surface area contributed by atoms with Crippen LogP contribution < -0.4 is 16.6 Å². The minimum absolute atomic E-state index is 0.177. The van der Waals surface area contributed by atoms with Gasteiger partial charge in [0.2, 0.25) is 0 Å². The lowest BCUT2D eigenvalue weighted by molar-refractivity contribution is 0.585. The summed E-state index contributed by atoms with van der Waals surface area (Å²) in [5.41, 5.74) is 11.6. The van der Waals surface area contributed by atoms with Crippen molar-refractivity contribution in [1.29, 1.82) is 0 Å². The van der Waals surface area contributed by atoms with Crippen molar-refractivity contribution in [2.75, 3.05) is 19.3 Å². The Kier molecular flexibility index (Phi) is 6.63. The number of benzene rings is 2. The third-order valence-corrected chi connectivity index (χ3v) is 5.78. The van der Waals surface area contributed by atoms with E-state index in [2.05, 4.69) is 25.5 Å².